The van der Waals surface area contributed by atoms with Crippen LogP contribution in [0.25, 0.3) is 0 Å². The van der Waals surface area contributed by atoms with E-state index in [1.165, 1.54) is 12.7 Å². The third-order valence-corrected chi connectivity index (χ3v) is 4.71. The molecule has 2 aliphatic heterocycles. The maximum Gasteiger partial charge on any atom is 0.335 e. The Morgan fingerprint density at radius 1 is 0.885 bits per heavy atom. The number of urea groups is 1. The van der Waals surface area contributed by atoms with Gasteiger partial charge in [0, 0.05) is 39.8 Å². The first-order chi connectivity index (χ1) is 12.6. The number of methoxy groups -OCH3 is 1. The fraction of sp³-hybridized carbons (Fsp3) is 0.500. The van der Waals surface area contributed by atoms with E-state index in [9.17, 15) is 14.4 Å². The molecule has 2 saturated heterocycles. The van der Waals surface area contributed by atoms with Crippen LogP contribution in [0.15, 0.2) is 30.3 Å². The SMILES string of the molecule is COCCN1C(=O)C(=O)N(CN2CCN(Cc3ccccc3)CC2)C1=O. The fourth-order valence-corrected chi connectivity index (χ4v) is 3.19. The number of piperazine rings is 1. The van der Waals surface area contributed by atoms with Crippen molar-refractivity contribution in [1.82, 2.24) is 19.6 Å². The first kappa shape index (κ1) is 18.5. The quantitative estimate of drug-likeness (QED) is 0.511. The van der Waals surface area contributed by atoms with Crippen molar-refractivity contribution in [3.05, 3.63) is 35.9 Å². The van der Waals surface area contributed by atoms with Gasteiger partial charge in [-0.3, -0.25) is 24.3 Å². The molecule has 0 radical (unpaired) electrons. The van der Waals surface area contributed by atoms with E-state index in [1.807, 2.05) is 23.1 Å². The van der Waals surface area contributed by atoms with Crippen molar-refractivity contribution < 1.29 is 19.1 Å². The molecular weight excluding hydrogens is 336 g/mol. The molecule has 1 aromatic carbocycles. The second kappa shape index (κ2) is 8.39. The Bertz CT molecular complexity index is 658. The largest absolute Gasteiger partial charge is 0.383 e. The highest BCUT2D eigenvalue weighted by molar-refractivity contribution is 6.44. The number of carbonyl (C=O) groups is 3. The summed E-state index contributed by atoms with van der Waals surface area (Å²) in [5, 5.41) is 0. The lowest BCUT2D eigenvalue weighted by molar-refractivity contribution is -0.144. The fourth-order valence-electron chi connectivity index (χ4n) is 3.19. The molecule has 0 N–H and O–H groups in total. The molecule has 0 spiro atoms. The zero-order chi connectivity index (χ0) is 18.5. The van der Waals surface area contributed by atoms with Crippen molar-refractivity contribution in [3.8, 4) is 0 Å². The van der Waals surface area contributed by atoms with Gasteiger partial charge < -0.3 is 4.74 Å². The topological polar surface area (TPSA) is 73.4 Å². The maximum absolute atomic E-state index is 12.3. The highest BCUT2D eigenvalue weighted by atomic mass is 16.5. The van der Waals surface area contributed by atoms with E-state index in [0.29, 0.717) is 0 Å². The van der Waals surface area contributed by atoms with Gasteiger partial charge in [-0.25, -0.2) is 9.69 Å². The van der Waals surface area contributed by atoms with E-state index in [0.717, 1.165) is 42.5 Å². The van der Waals surface area contributed by atoms with Crippen LogP contribution in [0.3, 0.4) is 0 Å². The smallest absolute Gasteiger partial charge is 0.335 e. The van der Waals surface area contributed by atoms with E-state index in [2.05, 4.69) is 17.0 Å². The number of hydrogen-bond acceptors (Lipinski definition) is 6. The predicted molar refractivity (Wildman–Crippen MR) is 94.0 cm³/mol. The van der Waals surface area contributed by atoms with E-state index in [-0.39, 0.29) is 19.8 Å². The van der Waals surface area contributed by atoms with E-state index in [4.69, 9.17) is 4.74 Å². The first-order valence-electron chi connectivity index (χ1n) is 8.75. The van der Waals surface area contributed by atoms with Crippen LogP contribution in [0, 0.1) is 0 Å². The molecule has 3 rings (SSSR count). The summed E-state index contributed by atoms with van der Waals surface area (Å²) in [7, 11) is 1.49. The molecule has 0 aromatic heterocycles. The van der Waals surface area contributed by atoms with Crippen molar-refractivity contribution in [2.75, 3.05) is 53.1 Å². The van der Waals surface area contributed by atoms with Crippen LogP contribution in [-0.4, -0.2) is 90.6 Å². The first-order valence-corrected chi connectivity index (χ1v) is 8.75. The summed E-state index contributed by atoms with van der Waals surface area (Å²) in [5.41, 5.74) is 1.27. The van der Waals surface area contributed by atoms with Gasteiger partial charge in [-0.05, 0) is 5.56 Å². The van der Waals surface area contributed by atoms with Crippen LogP contribution in [-0.2, 0) is 20.9 Å². The molecule has 0 saturated carbocycles. The third kappa shape index (κ3) is 4.09. The second-order valence-corrected chi connectivity index (χ2v) is 6.49. The molecular formula is C18H24N4O4. The second-order valence-electron chi connectivity index (χ2n) is 6.49. The van der Waals surface area contributed by atoms with Gasteiger partial charge in [0.25, 0.3) is 0 Å². The summed E-state index contributed by atoms with van der Waals surface area (Å²) in [5.74, 6) is -1.52. The zero-order valence-electron chi connectivity index (χ0n) is 15.0. The van der Waals surface area contributed by atoms with Crippen LogP contribution in [0.4, 0.5) is 4.79 Å². The zero-order valence-corrected chi connectivity index (χ0v) is 15.0. The van der Waals surface area contributed by atoms with E-state index < -0.39 is 17.8 Å². The molecule has 0 atom stereocenters. The summed E-state index contributed by atoms with van der Waals surface area (Å²) >= 11 is 0. The van der Waals surface area contributed by atoms with Gasteiger partial charge in [-0.2, -0.15) is 0 Å². The minimum atomic E-state index is -0.769. The number of benzene rings is 1. The highest BCUT2D eigenvalue weighted by Gasteiger charge is 2.44. The summed E-state index contributed by atoms with van der Waals surface area (Å²) in [4.78, 5) is 42.8. The van der Waals surface area contributed by atoms with Crippen molar-refractivity contribution in [3.63, 3.8) is 0 Å². The van der Waals surface area contributed by atoms with Crippen LogP contribution in [0.1, 0.15) is 5.56 Å². The maximum atomic E-state index is 12.3. The number of hydrogen-bond donors (Lipinski definition) is 0. The summed E-state index contributed by atoms with van der Waals surface area (Å²) < 4.78 is 4.89. The van der Waals surface area contributed by atoms with E-state index in [1.54, 1.807) is 0 Å². The van der Waals surface area contributed by atoms with Crippen LogP contribution in [0.5, 0.6) is 0 Å². The minimum absolute atomic E-state index is 0.0985. The average Bonchev–Trinajstić information content (AvgIpc) is 2.86. The Morgan fingerprint density at radius 3 is 2.15 bits per heavy atom. The monoisotopic (exact) mass is 360 g/mol. The lowest BCUT2D eigenvalue weighted by atomic mass is 10.2. The van der Waals surface area contributed by atoms with Gasteiger partial charge in [-0.15, -0.1) is 0 Å². The molecule has 2 fully saturated rings. The summed E-state index contributed by atoms with van der Waals surface area (Å²) in [6.45, 7) is 4.56. The molecule has 0 bridgehead atoms. The normalized spacial score (nSPS) is 19.7. The Balaban J connectivity index is 1.50. The summed E-state index contributed by atoms with van der Waals surface area (Å²) in [6.07, 6.45) is 0. The molecule has 4 amide bonds. The molecule has 0 aliphatic carbocycles. The Kier molecular flexibility index (Phi) is 5.97. The number of amides is 4. The third-order valence-electron chi connectivity index (χ3n) is 4.71. The molecule has 2 heterocycles. The van der Waals surface area contributed by atoms with Gasteiger partial charge in [0.05, 0.1) is 19.8 Å². The average molecular weight is 360 g/mol. The number of rotatable bonds is 7. The van der Waals surface area contributed by atoms with E-state index >= 15 is 0 Å². The predicted octanol–water partition coefficient (Wildman–Crippen LogP) is 0.199. The Hall–Kier alpha value is -2.29. The van der Waals surface area contributed by atoms with Gasteiger partial charge in [-0.1, -0.05) is 30.3 Å². The lowest BCUT2D eigenvalue weighted by Crippen LogP contribution is -2.51. The molecule has 2 aliphatic rings. The summed E-state index contributed by atoms with van der Waals surface area (Å²) in [6, 6.07) is 9.72. The van der Waals surface area contributed by atoms with Crippen molar-refractivity contribution in [2.45, 2.75) is 6.54 Å². The van der Waals surface area contributed by atoms with Gasteiger partial charge in [0.2, 0.25) is 0 Å². The minimum Gasteiger partial charge on any atom is -0.383 e. The van der Waals surface area contributed by atoms with Crippen LogP contribution in [0.2, 0.25) is 0 Å². The molecule has 1 aromatic rings. The van der Waals surface area contributed by atoms with Crippen LogP contribution >= 0.6 is 0 Å². The van der Waals surface area contributed by atoms with Gasteiger partial charge in [0.1, 0.15) is 0 Å². The number of nitrogens with zero attached hydrogens (tertiary/aromatic N) is 4. The Labute approximate surface area is 152 Å². The number of ether oxygens (including phenoxy) is 1. The molecule has 8 heteroatoms. The highest BCUT2D eigenvalue weighted by Crippen LogP contribution is 2.14. The molecule has 0 unspecified atom stereocenters. The number of carbonyl (C=O) groups excluding carboxylic acids is 3. The molecule has 8 nitrogen and oxygen atoms in total. The molecule has 26 heavy (non-hydrogen) atoms. The van der Waals surface area contributed by atoms with Crippen LogP contribution < -0.4 is 0 Å². The molecule has 140 valence electrons. The van der Waals surface area contributed by atoms with Crippen molar-refractivity contribution in [2.24, 2.45) is 0 Å². The number of imide groups is 2. The van der Waals surface area contributed by atoms with Gasteiger partial charge in [0.15, 0.2) is 0 Å². The van der Waals surface area contributed by atoms with Gasteiger partial charge >= 0.3 is 17.8 Å². The lowest BCUT2D eigenvalue weighted by Gasteiger charge is -2.35. The van der Waals surface area contributed by atoms with Crippen molar-refractivity contribution in [1.29, 1.82) is 0 Å². The van der Waals surface area contributed by atoms with Crippen molar-refractivity contribution >= 4 is 17.8 Å². The standard InChI is InChI=1S/C18H24N4O4/c1-26-12-11-21-16(23)17(24)22(18(21)25)14-20-9-7-19(8-10-20)13-15-5-3-2-4-6-15/h2-6H,7-14H2,1H3. The Morgan fingerprint density at radius 2 is 1.50 bits per heavy atom.